The lowest BCUT2D eigenvalue weighted by Gasteiger charge is -2.34. The SMILES string of the molecule is CCCC1NC(CC)C(=O)N1CC1CCCCC1C. The standard InChI is InChI=1S/C16H30N2O/c1-4-8-15-17-14(5-2)16(19)18(15)11-13-10-7-6-9-12(13)3/h12-15,17H,4-11H2,1-3H3. The summed E-state index contributed by atoms with van der Waals surface area (Å²) < 4.78 is 0. The minimum Gasteiger partial charge on any atom is -0.326 e. The Hall–Kier alpha value is -0.570. The van der Waals surface area contributed by atoms with Gasteiger partial charge in [0.15, 0.2) is 0 Å². The minimum atomic E-state index is 0.0652. The molecule has 0 spiro atoms. The number of nitrogens with zero attached hydrogens (tertiary/aromatic N) is 1. The van der Waals surface area contributed by atoms with E-state index in [-0.39, 0.29) is 12.2 Å². The molecule has 0 radical (unpaired) electrons. The molecule has 1 aliphatic carbocycles. The van der Waals surface area contributed by atoms with Gasteiger partial charge >= 0.3 is 0 Å². The molecule has 0 bridgehead atoms. The van der Waals surface area contributed by atoms with Crippen LogP contribution in [-0.2, 0) is 4.79 Å². The van der Waals surface area contributed by atoms with E-state index in [0.29, 0.717) is 5.91 Å². The molecule has 1 aliphatic heterocycles. The number of amides is 1. The molecule has 19 heavy (non-hydrogen) atoms. The van der Waals surface area contributed by atoms with E-state index in [9.17, 15) is 4.79 Å². The molecule has 0 aromatic rings. The normalized spacial score (nSPS) is 35.9. The monoisotopic (exact) mass is 266 g/mol. The first-order chi connectivity index (χ1) is 9.17. The molecule has 3 heteroatoms. The van der Waals surface area contributed by atoms with Gasteiger partial charge in [0, 0.05) is 6.54 Å². The van der Waals surface area contributed by atoms with Gasteiger partial charge < -0.3 is 4.90 Å². The fraction of sp³-hybridized carbons (Fsp3) is 0.938. The van der Waals surface area contributed by atoms with Crippen molar-refractivity contribution in [1.82, 2.24) is 10.2 Å². The van der Waals surface area contributed by atoms with Crippen LogP contribution in [0.3, 0.4) is 0 Å². The highest BCUT2D eigenvalue weighted by Gasteiger charge is 2.38. The van der Waals surface area contributed by atoms with Gasteiger partial charge in [-0.05, 0) is 31.1 Å². The summed E-state index contributed by atoms with van der Waals surface area (Å²) in [7, 11) is 0. The van der Waals surface area contributed by atoms with Gasteiger partial charge in [-0.2, -0.15) is 0 Å². The van der Waals surface area contributed by atoms with Crippen LogP contribution in [0.25, 0.3) is 0 Å². The van der Waals surface area contributed by atoms with Crippen LogP contribution in [0, 0.1) is 11.8 Å². The summed E-state index contributed by atoms with van der Waals surface area (Å²) in [5.41, 5.74) is 0. The van der Waals surface area contributed by atoms with Gasteiger partial charge in [0.1, 0.15) is 0 Å². The summed E-state index contributed by atoms with van der Waals surface area (Å²) in [5.74, 6) is 1.85. The summed E-state index contributed by atoms with van der Waals surface area (Å²) in [4.78, 5) is 14.6. The zero-order valence-electron chi connectivity index (χ0n) is 12.8. The van der Waals surface area contributed by atoms with Crippen molar-refractivity contribution >= 4 is 5.91 Å². The number of hydrogen-bond donors (Lipinski definition) is 1. The number of carbonyl (C=O) groups is 1. The summed E-state index contributed by atoms with van der Waals surface area (Å²) in [6.45, 7) is 7.65. The maximum atomic E-state index is 12.5. The second-order valence-electron chi connectivity index (χ2n) is 6.44. The Kier molecular flexibility index (Phi) is 5.26. The van der Waals surface area contributed by atoms with Crippen molar-refractivity contribution < 1.29 is 4.79 Å². The molecule has 110 valence electrons. The van der Waals surface area contributed by atoms with Crippen LogP contribution in [0.1, 0.15) is 65.7 Å². The maximum Gasteiger partial charge on any atom is 0.241 e. The smallest absolute Gasteiger partial charge is 0.241 e. The van der Waals surface area contributed by atoms with Gasteiger partial charge in [-0.15, -0.1) is 0 Å². The lowest BCUT2D eigenvalue weighted by atomic mass is 9.80. The topological polar surface area (TPSA) is 32.3 Å². The lowest BCUT2D eigenvalue weighted by Crippen LogP contribution is -2.42. The van der Waals surface area contributed by atoms with E-state index in [2.05, 4.69) is 31.0 Å². The summed E-state index contributed by atoms with van der Waals surface area (Å²) in [6, 6.07) is 0.0652. The van der Waals surface area contributed by atoms with Crippen molar-refractivity contribution in [3.8, 4) is 0 Å². The van der Waals surface area contributed by atoms with Crippen LogP contribution in [-0.4, -0.2) is 29.6 Å². The zero-order chi connectivity index (χ0) is 13.8. The predicted octanol–water partition coefficient (Wildman–Crippen LogP) is 3.15. The predicted molar refractivity (Wildman–Crippen MR) is 78.7 cm³/mol. The quantitative estimate of drug-likeness (QED) is 0.829. The van der Waals surface area contributed by atoms with Crippen LogP contribution in [0.4, 0.5) is 0 Å². The fourth-order valence-corrected chi connectivity index (χ4v) is 3.69. The minimum absolute atomic E-state index is 0.0652. The van der Waals surface area contributed by atoms with Gasteiger partial charge in [0.25, 0.3) is 0 Å². The largest absolute Gasteiger partial charge is 0.326 e. The molecular formula is C16H30N2O. The van der Waals surface area contributed by atoms with E-state index in [1.165, 1.54) is 25.7 Å². The van der Waals surface area contributed by atoms with Gasteiger partial charge in [0.05, 0.1) is 12.2 Å². The molecule has 1 N–H and O–H groups in total. The fourth-order valence-electron chi connectivity index (χ4n) is 3.69. The number of carbonyl (C=O) groups excluding carboxylic acids is 1. The van der Waals surface area contributed by atoms with Crippen molar-refractivity contribution in [2.24, 2.45) is 11.8 Å². The molecule has 0 aromatic carbocycles. The molecule has 1 saturated heterocycles. The van der Waals surface area contributed by atoms with Crippen molar-refractivity contribution in [1.29, 1.82) is 0 Å². The first-order valence-corrected chi connectivity index (χ1v) is 8.23. The molecule has 2 aliphatic rings. The number of nitrogens with one attached hydrogen (secondary N) is 1. The van der Waals surface area contributed by atoms with E-state index >= 15 is 0 Å². The summed E-state index contributed by atoms with van der Waals surface area (Å²) in [6.07, 6.45) is 8.80. The van der Waals surface area contributed by atoms with Gasteiger partial charge in [-0.3, -0.25) is 10.1 Å². The molecule has 1 amide bonds. The lowest BCUT2D eigenvalue weighted by molar-refractivity contribution is -0.131. The Labute approximate surface area is 118 Å². The molecule has 2 fully saturated rings. The Balaban J connectivity index is 2.00. The molecule has 3 nitrogen and oxygen atoms in total. The third-order valence-corrected chi connectivity index (χ3v) is 5.04. The summed E-state index contributed by atoms with van der Waals surface area (Å²) >= 11 is 0. The Morgan fingerprint density at radius 2 is 2.00 bits per heavy atom. The second kappa shape index (κ2) is 6.74. The van der Waals surface area contributed by atoms with E-state index < -0.39 is 0 Å². The second-order valence-corrected chi connectivity index (χ2v) is 6.44. The van der Waals surface area contributed by atoms with Crippen molar-refractivity contribution in [3.63, 3.8) is 0 Å². The Morgan fingerprint density at radius 3 is 2.63 bits per heavy atom. The third-order valence-electron chi connectivity index (χ3n) is 5.04. The van der Waals surface area contributed by atoms with Crippen LogP contribution in [0.2, 0.25) is 0 Å². The molecule has 4 atom stereocenters. The molecule has 0 aromatic heterocycles. The summed E-state index contributed by atoms with van der Waals surface area (Å²) in [5, 5.41) is 3.52. The van der Waals surface area contributed by atoms with E-state index in [1.54, 1.807) is 0 Å². The third kappa shape index (κ3) is 3.31. The van der Waals surface area contributed by atoms with Crippen LogP contribution in [0.5, 0.6) is 0 Å². The van der Waals surface area contributed by atoms with Crippen molar-refractivity contribution in [2.45, 2.75) is 77.9 Å². The van der Waals surface area contributed by atoms with E-state index in [0.717, 1.165) is 37.6 Å². The highest BCUT2D eigenvalue weighted by atomic mass is 16.2. The maximum absolute atomic E-state index is 12.5. The zero-order valence-corrected chi connectivity index (χ0v) is 12.8. The van der Waals surface area contributed by atoms with Crippen LogP contribution in [0.15, 0.2) is 0 Å². The van der Waals surface area contributed by atoms with Crippen molar-refractivity contribution in [2.75, 3.05) is 6.54 Å². The molecule has 2 rings (SSSR count). The van der Waals surface area contributed by atoms with Crippen LogP contribution >= 0.6 is 0 Å². The average Bonchev–Trinajstić information content (AvgIpc) is 2.70. The number of rotatable bonds is 5. The highest BCUT2D eigenvalue weighted by molar-refractivity contribution is 5.84. The first kappa shape index (κ1) is 14.8. The average molecular weight is 266 g/mol. The molecule has 1 saturated carbocycles. The molecular weight excluding hydrogens is 236 g/mol. The Bertz CT molecular complexity index is 305. The highest BCUT2D eigenvalue weighted by Crippen LogP contribution is 2.31. The molecule has 1 heterocycles. The Morgan fingerprint density at radius 1 is 1.26 bits per heavy atom. The number of hydrogen-bond acceptors (Lipinski definition) is 2. The van der Waals surface area contributed by atoms with Gasteiger partial charge in [-0.1, -0.05) is 46.5 Å². The van der Waals surface area contributed by atoms with Crippen LogP contribution < -0.4 is 5.32 Å². The molecule has 4 unspecified atom stereocenters. The van der Waals surface area contributed by atoms with E-state index in [4.69, 9.17) is 0 Å². The van der Waals surface area contributed by atoms with Gasteiger partial charge in [0.2, 0.25) is 5.91 Å². The van der Waals surface area contributed by atoms with Crippen molar-refractivity contribution in [3.05, 3.63) is 0 Å². The first-order valence-electron chi connectivity index (χ1n) is 8.23. The van der Waals surface area contributed by atoms with E-state index in [1.807, 2.05) is 0 Å². The van der Waals surface area contributed by atoms with Gasteiger partial charge in [-0.25, -0.2) is 0 Å².